The van der Waals surface area contributed by atoms with Gasteiger partial charge in [-0.25, -0.2) is 0 Å². The first-order valence-electron chi connectivity index (χ1n) is 6.96. The van der Waals surface area contributed by atoms with Crippen molar-refractivity contribution < 1.29 is 0 Å². The highest BCUT2D eigenvalue weighted by atomic mass is 15.2. The van der Waals surface area contributed by atoms with Crippen molar-refractivity contribution in [1.82, 2.24) is 5.43 Å². The predicted molar refractivity (Wildman–Crippen MR) is 85.7 cm³/mol. The van der Waals surface area contributed by atoms with Crippen LogP contribution in [0.15, 0.2) is 41.1 Å². The second-order valence-electron chi connectivity index (χ2n) is 5.58. The van der Waals surface area contributed by atoms with Gasteiger partial charge >= 0.3 is 0 Å². The molecule has 20 heavy (non-hydrogen) atoms. The molecule has 5 N–H and O–H groups in total. The Bertz CT molecular complexity index is 570. The number of para-hydroxylation sites is 1. The monoisotopic (exact) mass is 272 g/mol. The van der Waals surface area contributed by atoms with Crippen LogP contribution in [-0.2, 0) is 0 Å². The zero-order chi connectivity index (χ0) is 14.9. The molecule has 0 aromatic heterocycles. The van der Waals surface area contributed by atoms with Gasteiger partial charge in [-0.15, -0.1) is 0 Å². The molecular weight excluding hydrogens is 248 g/mol. The van der Waals surface area contributed by atoms with Gasteiger partial charge in [0, 0.05) is 23.8 Å². The van der Waals surface area contributed by atoms with Gasteiger partial charge in [0.25, 0.3) is 0 Å². The van der Waals surface area contributed by atoms with Crippen LogP contribution < -0.4 is 21.9 Å². The lowest BCUT2D eigenvalue weighted by atomic mass is 9.97. The molecule has 0 fully saturated rings. The summed E-state index contributed by atoms with van der Waals surface area (Å²) in [7, 11) is 0. The number of benzene rings is 1. The van der Waals surface area contributed by atoms with E-state index in [1.807, 2.05) is 12.1 Å². The van der Waals surface area contributed by atoms with Crippen LogP contribution in [0.1, 0.15) is 33.3 Å². The third kappa shape index (κ3) is 2.39. The Kier molecular flexibility index (Phi) is 4.04. The van der Waals surface area contributed by atoms with Crippen LogP contribution in [0.3, 0.4) is 0 Å². The van der Waals surface area contributed by atoms with E-state index >= 15 is 0 Å². The highest BCUT2D eigenvalue weighted by molar-refractivity contribution is 5.80. The quantitative estimate of drug-likeness (QED) is 0.571. The molecule has 0 aliphatic carbocycles. The summed E-state index contributed by atoms with van der Waals surface area (Å²) < 4.78 is 0. The first-order valence-corrected chi connectivity index (χ1v) is 6.96. The fraction of sp³-hybridized carbons (Fsp3) is 0.375. The van der Waals surface area contributed by atoms with Crippen molar-refractivity contribution in [3.63, 3.8) is 0 Å². The van der Waals surface area contributed by atoms with Crippen molar-refractivity contribution in [2.75, 3.05) is 11.4 Å². The fourth-order valence-electron chi connectivity index (χ4n) is 2.57. The van der Waals surface area contributed by atoms with Gasteiger partial charge in [-0.2, -0.15) is 0 Å². The van der Waals surface area contributed by atoms with Crippen LogP contribution in [-0.4, -0.2) is 12.6 Å². The minimum atomic E-state index is 0.400. The minimum Gasteiger partial charge on any atom is -0.397 e. The van der Waals surface area contributed by atoms with Crippen LogP contribution in [0, 0.1) is 0 Å². The summed E-state index contributed by atoms with van der Waals surface area (Å²) in [5.74, 6) is 5.73. The van der Waals surface area contributed by atoms with E-state index in [1.54, 1.807) is 0 Å². The van der Waals surface area contributed by atoms with Gasteiger partial charge in [0.1, 0.15) is 0 Å². The van der Waals surface area contributed by atoms with Crippen molar-refractivity contribution in [2.45, 2.75) is 33.7 Å². The number of fused-ring (bicyclic) bond motifs is 1. The zero-order valence-corrected chi connectivity index (χ0v) is 12.7. The van der Waals surface area contributed by atoms with Crippen molar-refractivity contribution in [3.8, 4) is 0 Å². The van der Waals surface area contributed by atoms with Crippen molar-refractivity contribution in [3.05, 3.63) is 46.7 Å². The lowest BCUT2D eigenvalue weighted by Gasteiger charge is -2.34. The summed E-state index contributed by atoms with van der Waals surface area (Å²) in [4.78, 5) is 2.37. The van der Waals surface area contributed by atoms with Crippen LogP contribution in [0.5, 0.6) is 0 Å². The fourth-order valence-corrected chi connectivity index (χ4v) is 2.57. The van der Waals surface area contributed by atoms with E-state index in [2.05, 4.69) is 50.2 Å². The van der Waals surface area contributed by atoms with Crippen molar-refractivity contribution >= 4 is 11.4 Å². The lowest BCUT2D eigenvalue weighted by molar-refractivity contribution is 0.706. The summed E-state index contributed by atoms with van der Waals surface area (Å²) in [5, 5.41) is 0. The number of nitrogens with zero attached hydrogens (tertiary/aromatic N) is 1. The molecule has 1 aliphatic heterocycles. The number of hydrazine groups is 1. The van der Waals surface area contributed by atoms with E-state index in [-0.39, 0.29) is 0 Å². The molecule has 0 spiro atoms. The van der Waals surface area contributed by atoms with Crippen LogP contribution in [0.4, 0.5) is 5.69 Å². The number of rotatable bonds is 2. The molecule has 1 heterocycles. The van der Waals surface area contributed by atoms with Gasteiger partial charge in [-0.1, -0.05) is 18.2 Å². The topological polar surface area (TPSA) is 67.3 Å². The van der Waals surface area contributed by atoms with Gasteiger partial charge in [0.05, 0.1) is 11.4 Å². The van der Waals surface area contributed by atoms with E-state index < -0.39 is 0 Å². The highest BCUT2D eigenvalue weighted by Gasteiger charge is 2.22. The maximum Gasteiger partial charge on any atom is 0.0813 e. The number of hydrogen-bond acceptors (Lipinski definition) is 4. The van der Waals surface area contributed by atoms with Crippen LogP contribution in [0.2, 0.25) is 0 Å². The zero-order valence-electron chi connectivity index (χ0n) is 12.7. The molecular formula is C16H24N4. The summed E-state index contributed by atoms with van der Waals surface area (Å²) in [6, 6.07) is 8.63. The third-order valence-electron chi connectivity index (χ3n) is 3.97. The second-order valence-corrected chi connectivity index (χ2v) is 5.58. The van der Waals surface area contributed by atoms with E-state index in [9.17, 15) is 0 Å². The van der Waals surface area contributed by atoms with E-state index in [0.717, 1.165) is 34.8 Å². The molecule has 0 saturated carbocycles. The maximum absolute atomic E-state index is 6.29. The molecule has 1 aromatic carbocycles. The molecule has 108 valence electrons. The summed E-state index contributed by atoms with van der Waals surface area (Å²) in [5.41, 5.74) is 15.2. The van der Waals surface area contributed by atoms with E-state index in [0.29, 0.717) is 6.04 Å². The molecule has 0 radical (unpaired) electrons. The first-order chi connectivity index (χ1) is 9.47. The van der Waals surface area contributed by atoms with E-state index in [4.69, 9.17) is 11.6 Å². The van der Waals surface area contributed by atoms with Gasteiger partial charge in [-0.05, 0) is 44.9 Å². The predicted octanol–water partition coefficient (Wildman–Crippen LogP) is 2.34. The van der Waals surface area contributed by atoms with Crippen LogP contribution in [0.25, 0.3) is 5.70 Å². The average molecular weight is 272 g/mol. The smallest absolute Gasteiger partial charge is 0.0813 e. The summed E-state index contributed by atoms with van der Waals surface area (Å²) >= 11 is 0. The summed E-state index contributed by atoms with van der Waals surface area (Å²) in [6.45, 7) is 9.44. The highest BCUT2D eigenvalue weighted by Crippen LogP contribution is 2.32. The Labute approximate surface area is 121 Å². The largest absolute Gasteiger partial charge is 0.397 e. The Morgan fingerprint density at radius 3 is 2.45 bits per heavy atom. The molecule has 0 saturated heterocycles. The molecule has 0 amide bonds. The minimum absolute atomic E-state index is 0.400. The Hall–Kier alpha value is -1.94. The number of nitrogens with two attached hydrogens (primary N) is 2. The van der Waals surface area contributed by atoms with Gasteiger partial charge in [0.2, 0.25) is 0 Å². The molecule has 1 aliphatic rings. The molecule has 0 bridgehead atoms. The molecule has 4 nitrogen and oxygen atoms in total. The third-order valence-corrected chi connectivity index (χ3v) is 3.97. The molecule has 2 rings (SSSR count). The van der Waals surface area contributed by atoms with E-state index in [1.165, 1.54) is 5.57 Å². The molecule has 1 aromatic rings. The van der Waals surface area contributed by atoms with Gasteiger partial charge < -0.3 is 16.1 Å². The maximum atomic E-state index is 6.29. The molecule has 4 heteroatoms. The van der Waals surface area contributed by atoms with Gasteiger partial charge in [-0.3, -0.25) is 5.84 Å². The first kappa shape index (κ1) is 14.5. The van der Waals surface area contributed by atoms with Crippen molar-refractivity contribution in [2.24, 2.45) is 11.6 Å². The normalized spacial score (nSPS) is 23.4. The Balaban J connectivity index is 2.74. The second kappa shape index (κ2) is 5.59. The summed E-state index contributed by atoms with van der Waals surface area (Å²) in [6.07, 6.45) is 0. The lowest BCUT2D eigenvalue weighted by Crippen LogP contribution is -2.36. The molecule has 0 unspecified atom stereocenters. The number of anilines is 1. The average Bonchev–Trinajstić information content (AvgIpc) is 2.43. The van der Waals surface area contributed by atoms with Crippen molar-refractivity contribution in [1.29, 1.82) is 0 Å². The Morgan fingerprint density at radius 2 is 1.85 bits per heavy atom. The Morgan fingerprint density at radius 1 is 1.20 bits per heavy atom. The number of hydrogen-bond donors (Lipinski definition) is 3. The number of nitrogens with one attached hydrogen (secondary N) is 1. The molecule has 0 atom stereocenters. The van der Waals surface area contributed by atoms with Gasteiger partial charge in [0.15, 0.2) is 0 Å². The van der Waals surface area contributed by atoms with Crippen LogP contribution >= 0.6 is 0 Å². The number of allylic oxidation sites excluding steroid dienone is 1. The standard InChI is InChI=1S/C16H24N4/c1-10(2)20-9-11(3)12(4)15(17)16(19-18)13-7-5-6-8-14(13)20/h5-8,10,19H,9,17-18H2,1-4H3/b12-11-,16-15-. The SMILES string of the molecule is C/C1=C(C)/C(N)=C(/NN)c2ccccc2N(C(C)C)C1.